The summed E-state index contributed by atoms with van der Waals surface area (Å²) >= 11 is 0. The first-order valence-corrected chi connectivity index (χ1v) is 9.92. The van der Waals surface area contributed by atoms with E-state index in [9.17, 15) is 0 Å². The predicted octanol–water partition coefficient (Wildman–Crippen LogP) is 4.83. The van der Waals surface area contributed by atoms with Gasteiger partial charge in [-0.2, -0.15) is 0 Å². The highest BCUT2D eigenvalue weighted by atomic mass is 16.5. The Bertz CT molecular complexity index is 888. The molecule has 0 N–H and O–H groups in total. The standard InChI is InChI=1S/C23H26N2O/c1-16-2-6-19(20(14-16)17-3-4-17)18-5-7-22-21(15-18)23(8-9-24-22)25-10-12-26-13-11-25/h2,5-9,15-17H,3-4,10-14H2,1H3. The third kappa shape index (κ3) is 2.95. The maximum atomic E-state index is 5.54. The summed E-state index contributed by atoms with van der Waals surface area (Å²) in [6.07, 6.45) is 10.6. The van der Waals surface area contributed by atoms with Gasteiger partial charge in [-0.15, -0.1) is 0 Å². The van der Waals surface area contributed by atoms with Crippen LogP contribution in [-0.4, -0.2) is 31.3 Å². The molecule has 1 saturated heterocycles. The number of ether oxygens (including phenoxy) is 1. The van der Waals surface area contributed by atoms with E-state index in [1.165, 1.54) is 41.5 Å². The number of hydrogen-bond acceptors (Lipinski definition) is 3. The number of anilines is 1. The fourth-order valence-corrected chi connectivity index (χ4v) is 4.37. The fourth-order valence-electron chi connectivity index (χ4n) is 4.37. The first-order valence-electron chi connectivity index (χ1n) is 9.92. The highest BCUT2D eigenvalue weighted by molar-refractivity contribution is 5.95. The molecule has 0 bridgehead atoms. The number of nitrogens with zero attached hydrogens (tertiary/aromatic N) is 2. The van der Waals surface area contributed by atoms with Gasteiger partial charge in [-0.05, 0) is 60.4 Å². The zero-order chi connectivity index (χ0) is 17.5. The summed E-state index contributed by atoms with van der Waals surface area (Å²) in [6.45, 7) is 5.85. The Hall–Kier alpha value is -2.13. The van der Waals surface area contributed by atoms with Gasteiger partial charge in [0.2, 0.25) is 0 Å². The highest BCUT2D eigenvalue weighted by Crippen LogP contribution is 2.45. The molecule has 5 rings (SSSR count). The normalized spacial score (nSPS) is 23.7. The van der Waals surface area contributed by atoms with Crippen molar-refractivity contribution in [3.05, 3.63) is 53.8 Å². The van der Waals surface area contributed by atoms with E-state index in [-0.39, 0.29) is 0 Å². The van der Waals surface area contributed by atoms with Crippen molar-refractivity contribution in [2.45, 2.75) is 26.2 Å². The van der Waals surface area contributed by atoms with Crippen molar-refractivity contribution in [2.24, 2.45) is 11.8 Å². The molecule has 1 saturated carbocycles. The largest absolute Gasteiger partial charge is 0.378 e. The molecule has 3 heteroatoms. The minimum absolute atomic E-state index is 0.667. The van der Waals surface area contributed by atoms with Gasteiger partial charge in [0.15, 0.2) is 0 Å². The van der Waals surface area contributed by atoms with Gasteiger partial charge < -0.3 is 9.64 Å². The van der Waals surface area contributed by atoms with Gasteiger partial charge in [-0.1, -0.05) is 30.7 Å². The Morgan fingerprint density at radius 1 is 1.12 bits per heavy atom. The summed E-state index contributed by atoms with van der Waals surface area (Å²) < 4.78 is 5.54. The fraction of sp³-hybridized carbons (Fsp3) is 0.435. The van der Waals surface area contributed by atoms with Crippen molar-refractivity contribution in [3.63, 3.8) is 0 Å². The number of fused-ring (bicyclic) bond motifs is 1. The molecule has 2 aromatic rings. The van der Waals surface area contributed by atoms with Gasteiger partial charge in [-0.3, -0.25) is 4.98 Å². The Morgan fingerprint density at radius 2 is 1.96 bits per heavy atom. The van der Waals surface area contributed by atoms with E-state index in [1.54, 1.807) is 5.57 Å². The van der Waals surface area contributed by atoms with Gasteiger partial charge in [0, 0.05) is 30.4 Å². The van der Waals surface area contributed by atoms with Crippen LogP contribution in [0.2, 0.25) is 0 Å². The number of rotatable bonds is 3. The van der Waals surface area contributed by atoms with E-state index in [0.29, 0.717) is 5.92 Å². The molecule has 134 valence electrons. The first kappa shape index (κ1) is 16.1. The van der Waals surface area contributed by atoms with Crippen molar-refractivity contribution in [2.75, 3.05) is 31.2 Å². The molecule has 0 radical (unpaired) electrons. The molecule has 1 aromatic heterocycles. The molecule has 3 aliphatic rings. The molecule has 2 fully saturated rings. The van der Waals surface area contributed by atoms with E-state index in [2.05, 4.69) is 53.2 Å². The zero-order valence-electron chi connectivity index (χ0n) is 15.4. The third-order valence-electron chi connectivity index (χ3n) is 5.93. The molecule has 1 aliphatic heterocycles. The lowest BCUT2D eigenvalue weighted by molar-refractivity contribution is 0.123. The molecule has 0 amide bonds. The van der Waals surface area contributed by atoms with Crippen LogP contribution in [0, 0.1) is 11.8 Å². The quantitative estimate of drug-likeness (QED) is 0.796. The summed E-state index contributed by atoms with van der Waals surface area (Å²) in [5.74, 6) is 1.49. The maximum Gasteiger partial charge on any atom is 0.0723 e. The third-order valence-corrected chi connectivity index (χ3v) is 5.93. The summed E-state index contributed by atoms with van der Waals surface area (Å²) in [6, 6.07) is 8.98. The molecule has 1 unspecified atom stereocenters. The molecule has 26 heavy (non-hydrogen) atoms. The molecule has 3 nitrogen and oxygen atoms in total. The van der Waals surface area contributed by atoms with Crippen LogP contribution in [0.4, 0.5) is 5.69 Å². The van der Waals surface area contributed by atoms with Crippen molar-refractivity contribution < 1.29 is 4.74 Å². The van der Waals surface area contributed by atoms with Gasteiger partial charge in [-0.25, -0.2) is 0 Å². The summed E-state index contributed by atoms with van der Waals surface area (Å²) in [5, 5.41) is 1.27. The van der Waals surface area contributed by atoms with Crippen LogP contribution in [0.15, 0.2) is 48.2 Å². The van der Waals surface area contributed by atoms with Crippen molar-refractivity contribution in [1.29, 1.82) is 0 Å². The second-order valence-electron chi connectivity index (χ2n) is 7.92. The smallest absolute Gasteiger partial charge is 0.0723 e. The monoisotopic (exact) mass is 346 g/mol. The van der Waals surface area contributed by atoms with Gasteiger partial charge in [0.1, 0.15) is 0 Å². The molecule has 1 atom stereocenters. The number of pyridine rings is 1. The van der Waals surface area contributed by atoms with Gasteiger partial charge >= 0.3 is 0 Å². The van der Waals surface area contributed by atoms with Crippen molar-refractivity contribution in [1.82, 2.24) is 4.98 Å². The van der Waals surface area contributed by atoms with Gasteiger partial charge in [0.05, 0.1) is 18.7 Å². The molecule has 2 aliphatic carbocycles. The Kier molecular flexibility index (Phi) is 4.05. The molecule has 2 heterocycles. The Labute approximate surface area is 155 Å². The Balaban J connectivity index is 1.61. The number of hydrogen-bond donors (Lipinski definition) is 0. The second-order valence-corrected chi connectivity index (χ2v) is 7.92. The van der Waals surface area contributed by atoms with Crippen LogP contribution in [0.1, 0.15) is 31.7 Å². The number of morpholine rings is 1. The lowest BCUT2D eigenvalue weighted by atomic mass is 9.85. The lowest BCUT2D eigenvalue weighted by Crippen LogP contribution is -2.36. The van der Waals surface area contributed by atoms with Gasteiger partial charge in [0.25, 0.3) is 0 Å². The van der Waals surface area contributed by atoms with Crippen LogP contribution in [-0.2, 0) is 4.74 Å². The highest BCUT2D eigenvalue weighted by Gasteiger charge is 2.30. The second kappa shape index (κ2) is 6.55. The summed E-state index contributed by atoms with van der Waals surface area (Å²) in [5.41, 5.74) is 6.87. The SMILES string of the molecule is CC1C=CC(c2ccc3nccc(N4CCOCC4)c3c2)=C(C2CC2)C1. The van der Waals surface area contributed by atoms with E-state index in [1.807, 2.05) is 6.20 Å². The summed E-state index contributed by atoms with van der Waals surface area (Å²) in [7, 11) is 0. The molecule has 0 spiro atoms. The van der Waals surface area contributed by atoms with Crippen LogP contribution in [0.3, 0.4) is 0 Å². The minimum Gasteiger partial charge on any atom is -0.378 e. The lowest BCUT2D eigenvalue weighted by Gasteiger charge is -2.30. The average molecular weight is 346 g/mol. The van der Waals surface area contributed by atoms with E-state index in [0.717, 1.165) is 37.7 Å². The number of allylic oxidation sites excluding steroid dienone is 4. The van der Waals surface area contributed by atoms with Crippen molar-refractivity contribution in [3.8, 4) is 0 Å². The minimum atomic E-state index is 0.667. The van der Waals surface area contributed by atoms with Crippen LogP contribution < -0.4 is 4.90 Å². The van der Waals surface area contributed by atoms with E-state index < -0.39 is 0 Å². The Morgan fingerprint density at radius 3 is 2.77 bits per heavy atom. The molecular weight excluding hydrogens is 320 g/mol. The number of aromatic nitrogens is 1. The topological polar surface area (TPSA) is 25.4 Å². The first-order chi connectivity index (χ1) is 12.8. The van der Waals surface area contributed by atoms with Crippen LogP contribution in [0.5, 0.6) is 0 Å². The van der Waals surface area contributed by atoms with Crippen LogP contribution >= 0.6 is 0 Å². The molecule has 1 aromatic carbocycles. The van der Waals surface area contributed by atoms with E-state index in [4.69, 9.17) is 4.74 Å². The van der Waals surface area contributed by atoms with Crippen molar-refractivity contribution >= 4 is 22.2 Å². The number of benzene rings is 1. The predicted molar refractivity (Wildman–Crippen MR) is 107 cm³/mol. The zero-order valence-corrected chi connectivity index (χ0v) is 15.4. The summed E-state index contributed by atoms with van der Waals surface area (Å²) in [4.78, 5) is 7.05. The maximum absolute atomic E-state index is 5.54. The molecular formula is C23H26N2O. The van der Waals surface area contributed by atoms with Crippen LogP contribution in [0.25, 0.3) is 16.5 Å². The average Bonchev–Trinajstić information content (AvgIpc) is 3.53. The van der Waals surface area contributed by atoms with E-state index >= 15 is 0 Å².